The Bertz CT molecular complexity index is 1220. The van der Waals surface area contributed by atoms with Crippen molar-refractivity contribution in [2.75, 3.05) is 38.0 Å². The number of fused-ring (bicyclic) bond motifs is 1. The highest BCUT2D eigenvalue weighted by molar-refractivity contribution is 6.33. The zero-order valence-electron chi connectivity index (χ0n) is 21.1. The van der Waals surface area contributed by atoms with Crippen LogP contribution < -0.4 is 5.32 Å². The number of amides is 1. The Labute approximate surface area is 216 Å². The lowest BCUT2D eigenvalue weighted by molar-refractivity contribution is 0.0284. The zero-order chi connectivity index (χ0) is 25.3. The smallest absolute Gasteiger partial charge is 0.410 e. The number of halogens is 1. The van der Waals surface area contributed by atoms with E-state index in [0.29, 0.717) is 22.6 Å². The molecule has 5 heterocycles. The van der Waals surface area contributed by atoms with Crippen LogP contribution in [0.2, 0.25) is 5.02 Å². The molecule has 1 amide bonds. The van der Waals surface area contributed by atoms with Crippen molar-refractivity contribution in [3.63, 3.8) is 0 Å². The van der Waals surface area contributed by atoms with E-state index in [9.17, 15) is 4.79 Å². The molecule has 0 aliphatic carbocycles. The number of likely N-dealkylation sites (tertiary alicyclic amines) is 2. The fourth-order valence-electron chi connectivity index (χ4n) is 5.14. The number of ether oxygens (including phenoxy) is 1. The van der Waals surface area contributed by atoms with Gasteiger partial charge in [0.15, 0.2) is 0 Å². The van der Waals surface area contributed by atoms with Gasteiger partial charge in [-0.3, -0.25) is 0 Å². The summed E-state index contributed by atoms with van der Waals surface area (Å²) in [7, 11) is 0. The summed E-state index contributed by atoms with van der Waals surface area (Å²) in [6, 6.07) is 4.16. The molecule has 5 rings (SSSR count). The van der Waals surface area contributed by atoms with E-state index in [-0.39, 0.29) is 12.1 Å². The monoisotopic (exact) mass is 511 g/mol. The minimum absolute atomic E-state index is 0.204. The van der Waals surface area contributed by atoms with Gasteiger partial charge in [0.1, 0.15) is 11.2 Å². The van der Waals surface area contributed by atoms with Crippen LogP contribution in [-0.4, -0.2) is 80.2 Å². The molecule has 0 bridgehead atoms. The second-order valence-corrected chi connectivity index (χ2v) is 11.2. The first-order chi connectivity index (χ1) is 17.2. The van der Waals surface area contributed by atoms with Crippen LogP contribution in [0.25, 0.3) is 22.3 Å². The van der Waals surface area contributed by atoms with Crippen LogP contribution in [0.3, 0.4) is 0 Å². The van der Waals surface area contributed by atoms with E-state index in [4.69, 9.17) is 21.3 Å². The quantitative estimate of drug-likeness (QED) is 0.507. The minimum Gasteiger partial charge on any atom is -0.444 e. The highest BCUT2D eigenvalue weighted by Gasteiger charge is 2.32. The van der Waals surface area contributed by atoms with Gasteiger partial charge in [0, 0.05) is 55.6 Å². The topological polar surface area (TPSA) is 99.3 Å². The van der Waals surface area contributed by atoms with E-state index >= 15 is 0 Å². The molecule has 36 heavy (non-hydrogen) atoms. The number of hydrogen-bond acceptors (Lipinski definition) is 7. The molecule has 0 aromatic carbocycles. The summed E-state index contributed by atoms with van der Waals surface area (Å²) in [4.78, 5) is 33.5. The Morgan fingerprint density at radius 1 is 1.25 bits per heavy atom. The van der Waals surface area contributed by atoms with Gasteiger partial charge < -0.3 is 24.8 Å². The first kappa shape index (κ1) is 24.8. The van der Waals surface area contributed by atoms with Crippen molar-refractivity contribution in [2.45, 2.75) is 51.7 Å². The summed E-state index contributed by atoms with van der Waals surface area (Å²) >= 11 is 6.49. The predicted octanol–water partition coefficient (Wildman–Crippen LogP) is 4.81. The number of rotatable bonds is 5. The first-order valence-electron chi connectivity index (χ1n) is 12.7. The Morgan fingerprint density at radius 3 is 2.94 bits per heavy atom. The van der Waals surface area contributed by atoms with Gasteiger partial charge in [-0.25, -0.2) is 19.7 Å². The van der Waals surface area contributed by atoms with Crippen molar-refractivity contribution in [3.05, 3.63) is 35.7 Å². The molecule has 0 radical (unpaired) electrons. The van der Waals surface area contributed by atoms with Gasteiger partial charge >= 0.3 is 6.09 Å². The van der Waals surface area contributed by atoms with Gasteiger partial charge in [0.2, 0.25) is 5.95 Å². The molecule has 10 heteroatoms. The molecular formula is C26H34ClN7O2. The fourth-order valence-corrected chi connectivity index (χ4v) is 5.33. The number of aromatic amines is 1. The Balaban J connectivity index is 1.20. The van der Waals surface area contributed by atoms with Crippen LogP contribution >= 0.6 is 11.6 Å². The number of nitrogens with one attached hydrogen (secondary N) is 2. The predicted molar refractivity (Wildman–Crippen MR) is 141 cm³/mol. The summed E-state index contributed by atoms with van der Waals surface area (Å²) in [5.74, 6) is 1.04. The number of piperidine rings is 1. The molecule has 0 spiro atoms. The molecule has 192 valence electrons. The van der Waals surface area contributed by atoms with E-state index in [1.54, 1.807) is 12.4 Å². The molecule has 3 aromatic heterocycles. The maximum absolute atomic E-state index is 12.4. The summed E-state index contributed by atoms with van der Waals surface area (Å²) in [6.45, 7) is 10.2. The SMILES string of the molecule is CC(C)(C)OC(=O)N1CCC(CN2CCC[C@@H](Nc3ncc(Cl)c(-c4c[nH]c5ncccc45)n3)C2)C1. The second-order valence-electron chi connectivity index (χ2n) is 10.8. The van der Waals surface area contributed by atoms with E-state index in [2.05, 4.69) is 25.2 Å². The molecule has 0 saturated carbocycles. The number of nitrogens with zero attached hydrogens (tertiary/aromatic N) is 5. The van der Waals surface area contributed by atoms with Crippen LogP contribution in [0.4, 0.5) is 10.7 Å². The van der Waals surface area contributed by atoms with Crippen molar-refractivity contribution >= 4 is 34.7 Å². The third kappa shape index (κ3) is 5.73. The molecular weight excluding hydrogens is 478 g/mol. The van der Waals surface area contributed by atoms with Gasteiger partial charge in [0.05, 0.1) is 16.9 Å². The Kier molecular flexibility index (Phi) is 7.03. The molecule has 2 aliphatic heterocycles. The molecule has 2 saturated heterocycles. The van der Waals surface area contributed by atoms with Gasteiger partial charge in [-0.1, -0.05) is 11.6 Å². The maximum atomic E-state index is 12.4. The van der Waals surface area contributed by atoms with E-state index < -0.39 is 5.60 Å². The molecule has 9 nitrogen and oxygen atoms in total. The highest BCUT2D eigenvalue weighted by atomic mass is 35.5. The van der Waals surface area contributed by atoms with E-state index in [1.165, 1.54) is 0 Å². The largest absolute Gasteiger partial charge is 0.444 e. The minimum atomic E-state index is -0.463. The number of aromatic nitrogens is 4. The summed E-state index contributed by atoms with van der Waals surface area (Å²) in [5, 5.41) is 5.02. The van der Waals surface area contributed by atoms with Crippen molar-refractivity contribution in [2.24, 2.45) is 5.92 Å². The second kappa shape index (κ2) is 10.2. The summed E-state index contributed by atoms with van der Waals surface area (Å²) < 4.78 is 5.55. The Hall–Kier alpha value is -2.91. The maximum Gasteiger partial charge on any atom is 0.410 e. The van der Waals surface area contributed by atoms with Crippen LogP contribution in [-0.2, 0) is 4.74 Å². The van der Waals surface area contributed by atoms with E-state index in [1.807, 2.05) is 44.0 Å². The summed E-state index contributed by atoms with van der Waals surface area (Å²) in [5.41, 5.74) is 1.94. The van der Waals surface area contributed by atoms with Crippen molar-refractivity contribution in [1.82, 2.24) is 29.7 Å². The van der Waals surface area contributed by atoms with Crippen molar-refractivity contribution in [1.29, 1.82) is 0 Å². The third-order valence-corrected chi connectivity index (χ3v) is 7.02. The molecule has 3 aromatic rings. The number of pyridine rings is 1. The molecule has 2 aliphatic rings. The number of carbonyl (C=O) groups excluding carboxylic acids is 1. The number of anilines is 1. The zero-order valence-corrected chi connectivity index (χ0v) is 21.9. The summed E-state index contributed by atoms with van der Waals surface area (Å²) in [6.07, 6.45) is 8.28. The average molecular weight is 512 g/mol. The van der Waals surface area contributed by atoms with Crippen LogP contribution in [0.1, 0.15) is 40.0 Å². The molecule has 2 atom stereocenters. The van der Waals surface area contributed by atoms with Crippen molar-refractivity contribution in [3.8, 4) is 11.3 Å². The third-order valence-electron chi connectivity index (χ3n) is 6.74. The number of hydrogen-bond donors (Lipinski definition) is 2. The van der Waals surface area contributed by atoms with Crippen molar-refractivity contribution < 1.29 is 9.53 Å². The first-order valence-corrected chi connectivity index (χ1v) is 13.0. The lowest BCUT2D eigenvalue weighted by Crippen LogP contribution is -2.44. The number of H-pyrrole nitrogens is 1. The molecule has 1 unspecified atom stereocenters. The fraction of sp³-hybridized carbons (Fsp3) is 0.538. The average Bonchev–Trinajstić information content (AvgIpc) is 3.47. The van der Waals surface area contributed by atoms with Crippen LogP contribution in [0.15, 0.2) is 30.7 Å². The highest BCUT2D eigenvalue weighted by Crippen LogP contribution is 2.32. The van der Waals surface area contributed by atoms with Crippen LogP contribution in [0, 0.1) is 5.92 Å². The van der Waals surface area contributed by atoms with E-state index in [0.717, 1.165) is 68.6 Å². The normalized spacial score (nSPS) is 21.2. The molecule has 2 N–H and O–H groups in total. The van der Waals surface area contributed by atoms with Gasteiger partial charge in [-0.15, -0.1) is 0 Å². The van der Waals surface area contributed by atoms with Gasteiger partial charge in [-0.2, -0.15) is 0 Å². The molecule has 2 fully saturated rings. The van der Waals surface area contributed by atoms with Crippen LogP contribution in [0.5, 0.6) is 0 Å². The standard InChI is InChI=1S/C26H34ClN7O2/c1-26(2,3)36-25(35)34-11-8-17(15-34)14-33-10-5-6-18(16-33)31-24-30-13-21(27)22(32-24)20-12-29-23-19(20)7-4-9-28-23/h4,7,9,12-13,17-18H,5-6,8,10-11,14-16H2,1-3H3,(H,28,29)(H,30,31,32)/t17?,18-/m1/s1. The number of carbonyl (C=O) groups is 1. The Morgan fingerprint density at radius 2 is 2.11 bits per heavy atom. The van der Waals surface area contributed by atoms with Gasteiger partial charge in [0.25, 0.3) is 0 Å². The van der Waals surface area contributed by atoms with Gasteiger partial charge in [-0.05, 0) is 64.6 Å². The lowest BCUT2D eigenvalue weighted by atomic mass is 10.0. The lowest BCUT2D eigenvalue weighted by Gasteiger charge is -2.34.